The van der Waals surface area contributed by atoms with E-state index in [4.69, 9.17) is 5.11 Å². The number of rotatable bonds is 6. The van der Waals surface area contributed by atoms with Gasteiger partial charge in [0.2, 0.25) is 0 Å². The van der Waals surface area contributed by atoms with Crippen molar-refractivity contribution >= 4 is 17.3 Å². The van der Waals surface area contributed by atoms with E-state index in [9.17, 15) is 4.79 Å². The van der Waals surface area contributed by atoms with Gasteiger partial charge in [0, 0.05) is 24.0 Å². The summed E-state index contributed by atoms with van der Waals surface area (Å²) in [6.07, 6.45) is 2.56. The van der Waals surface area contributed by atoms with Crippen LogP contribution in [0.1, 0.15) is 39.9 Å². The molecule has 19 heavy (non-hydrogen) atoms. The molecule has 2 N–H and O–H groups in total. The molecule has 0 aromatic carbocycles. The highest BCUT2D eigenvalue weighted by Crippen LogP contribution is 2.22. The fourth-order valence-electron chi connectivity index (χ4n) is 2.72. The Morgan fingerprint density at radius 3 is 3.05 bits per heavy atom. The molecule has 5 heteroatoms. The lowest BCUT2D eigenvalue weighted by atomic mass is 10.2. The van der Waals surface area contributed by atoms with E-state index in [1.165, 1.54) is 30.7 Å². The maximum absolute atomic E-state index is 10.9. The number of aromatic carboxylic acids is 1. The molecule has 1 aromatic heterocycles. The highest BCUT2D eigenvalue weighted by atomic mass is 32.1. The molecule has 1 aliphatic rings. The lowest BCUT2D eigenvalue weighted by Crippen LogP contribution is -2.37. The Morgan fingerprint density at radius 2 is 2.42 bits per heavy atom. The molecular formula is C14H22N2O2S. The molecule has 0 radical (unpaired) electrons. The monoisotopic (exact) mass is 282 g/mol. The van der Waals surface area contributed by atoms with Crippen LogP contribution >= 0.6 is 11.3 Å². The number of hydrogen-bond acceptors (Lipinski definition) is 4. The summed E-state index contributed by atoms with van der Waals surface area (Å²) < 4.78 is 0. The first-order valence-corrected chi connectivity index (χ1v) is 7.70. The van der Waals surface area contributed by atoms with Crippen LogP contribution in [0.15, 0.2) is 6.07 Å². The largest absolute Gasteiger partial charge is 0.477 e. The average Bonchev–Trinajstić information content (AvgIpc) is 2.96. The summed E-state index contributed by atoms with van der Waals surface area (Å²) in [5.74, 6) is -0.827. The third kappa shape index (κ3) is 3.55. The number of aryl methyl sites for hydroxylation is 1. The summed E-state index contributed by atoms with van der Waals surface area (Å²) in [4.78, 5) is 15.0. The van der Waals surface area contributed by atoms with Gasteiger partial charge in [0.05, 0.1) is 0 Å². The highest BCUT2D eigenvalue weighted by molar-refractivity contribution is 7.14. The summed E-state index contributed by atoms with van der Waals surface area (Å²) in [5.41, 5.74) is 1.11. The lowest BCUT2D eigenvalue weighted by Gasteiger charge is -2.22. The van der Waals surface area contributed by atoms with Crippen molar-refractivity contribution in [1.29, 1.82) is 0 Å². The molecule has 4 nitrogen and oxygen atoms in total. The summed E-state index contributed by atoms with van der Waals surface area (Å²) >= 11 is 1.36. The second kappa shape index (κ2) is 6.50. The minimum atomic E-state index is -0.827. The van der Waals surface area contributed by atoms with Crippen LogP contribution in [0.2, 0.25) is 0 Å². The van der Waals surface area contributed by atoms with Crippen molar-refractivity contribution in [2.75, 3.05) is 19.6 Å². The SMILES string of the molecule is CCN1CCCC1CNCc1cc(C(=O)O)sc1C. The topological polar surface area (TPSA) is 52.6 Å². The Balaban J connectivity index is 1.84. The van der Waals surface area contributed by atoms with Gasteiger partial charge in [0.1, 0.15) is 4.88 Å². The Hall–Kier alpha value is -0.910. The summed E-state index contributed by atoms with van der Waals surface area (Å²) in [6.45, 7) is 8.29. The van der Waals surface area contributed by atoms with Gasteiger partial charge in [-0.15, -0.1) is 11.3 Å². The van der Waals surface area contributed by atoms with Gasteiger partial charge >= 0.3 is 5.97 Å². The highest BCUT2D eigenvalue weighted by Gasteiger charge is 2.22. The van der Waals surface area contributed by atoms with Crippen molar-refractivity contribution in [3.05, 3.63) is 21.4 Å². The molecule has 1 aromatic rings. The number of carbonyl (C=O) groups is 1. The van der Waals surface area contributed by atoms with Crippen molar-refractivity contribution in [2.45, 2.75) is 39.3 Å². The summed E-state index contributed by atoms with van der Waals surface area (Å²) in [5, 5.41) is 12.4. The van der Waals surface area contributed by atoms with Crippen LogP contribution in [0.4, 0.5) is 0 Å². The van der Waals surface area contributed by atoms with E-state index < -0.39 is 5.97 Å². The van der Waals surface area contributed by atoms with Crippen molar-refractivity contribution in [3.63, 3.8) is 0 Å². The second-order valence-corrected chi connectivity index (χ2v) is 6.31. The van der Waals surface area contributed by atoms with Gasteiger partial charge in [-0.3, -0.25) is 4.90 Å². The number of carboxylic acid groups (broad SMARTS) is 1. The molecule has 1 fully saturated rings. The first-order chi connectivity index (χ1) is 9.11. The van der Waals surface area contributed by atoms with Crippen LogP contribution in [0.5, 0.6) is 0 Å². The molecular weight excluding hydrogens is 260 g/mol. The predicted octanol–water partition coefficient (Wildman–Crippen LogP) is 2.33. The maximum atomic E-state index is 10.9. The fourth-order valence-corrected chi connectivity index (χ4v) is 3.60. The van der Waals surface area contributed by atoms with Gasteiger partial charge < -0.3 is 10.4 Å². The standard InChI is InChI=1S/C14H22N2O2S/c1-3-16-6-4-5-12(16)9-15-8-11-7-13(14(17)18)19-10(11)2/h7,12,15H,3-6,8-9H2,1-2H3,(H,17,18). The van der Waals surface area contributed by atoms with Gasteiger partial charge in [-0.2, -0.15) is 0 Å². The molecule has 1 aliphatic heterocycles. The maximum Gasteiger partial charge on any atom is 0.345 e. The first-order valence-electron chi connectivity index (χ1n) is 6.89. The van der Waals surface area contributed by atoms with Gasteiger partial charge in [-0.1, -0.05) is 6.92 Å². The molecule has 2 rings (SSSR count). The van der Waals surface area contributed by atoms with Gasteiger partial charge in [0.25, 0.3) is 0 Å². The third-order valence-electron chi connectivity index (χ3n) is 3.83. The zero-order valence-corrected chi connectivity index (χ0v) is 12.4. The van der Waals surface area contributed by atoms with Crippen LogP contribution in [0.3, 0.4) is 0 Å². The van der Waals surface area contributed by atoms with Gasteiger partial charge in [-0.25, -0.2) is 4.79 Å². The van der Waals surface area contributed by atoms with Crippen LogP contribution in [0.25, 0.3) is 0 Å². The molecule has 0 bridgehead atoms. The molecule has 2 heterocycles. The molecule has 0 amide bonds. The first kappa shape index (κ1) is 14.5. The number of nitrogens with one attached hydrogen (secondary N) is 1. The Kier molecular flexibility index (Phi) is 4.96. The normalized spacial score (nSPS) is 20.0. The van der Waals surface area contributed by atoms with Crippen molar-refractivity contribution in [3.8, 4) is 0 Å². The fraction of sp³-hybridized carbons (Fsp3) is 0.643. The van der Waals surface area contributed by atoms with Crippen LogP contribution in [-0.2, 0) is 6.54 Å². The summed E-state index contributed by atoms with van der Waals surface area (Å²) in [6, 6.07) is 2.43. The number of carboxylic acids is 1. The number of hydrogen-bond donors (Lipinski definition) is 2. The molecule has 1 unspecified atom stereocenters. The zero-order chi connectivity index (χ0) is 13.8. The van der Waals surface area contributed by atoms with Gasteiger partial charge in [-0.05, 0) is 44.5 Å². The van der Waals surface area contributed by atoms with Crippen molar-refractivity contribution < 1.29 is 9.90 Å². The molecule has 106 valence electrons. The second-order valence-electron chi connectivity index (χ2n) is 5.05. The van der Waals surface area contributed by atoms with E-state index in [-0.39, 0.29) is 0 Å². The molecule has 0 aliphatic carbocycles. The van der Waals surface area contributed by atoms with Crippen molar-refractivity contribution in [2.24, 2.45) is 0 Å². The minimum Gasteiger partial charge on any atom is -0.477 e. The van der Waals surface area contributed by atoms with E-state index in [2.05, 4.69) is 17.1 Å². The molecule has 1 atom stereocenters. The molecule has 1 saturated heterocycles. The van der Waals surface area contributed by atoms with E-state index in [0.29, 0.717) is 10.9 Å². The number of thiophene rings is 1. The number of likely N-dealkylation sites (N-methyl/N-ethyl adjacent to an activating group) is 1. The molecule has 0 saturated carbocycles. The van der Waals surface area contributed by atoms with E-state index >= 15 is 0 Å². The van der Waals surface area contributed by atoms with Crippen LogP contribution in [0, 0.1) is 6.92 Å². The van der Waals surface area contributed by atoms with Crippen LogP contribution < -0.4 is 5.32 Å². The van der Waals surface area contributed by atoms with Gasteiger partial charge in [0.15, 0.2) is 0 Å². The summed E-state index contributed by atoms with van der Waals surface area (Å²) in [7, 11) is 0. The molecule has 0 spiro atoms. The quantitative estimate of drug-likeness (QED) is 0.841. The van der Waals surface area contributed by atoms with Crippen molar-refractivity contribution in [1.82, 2.24) is 10.2 Å². The van der Waals surface area contributed by atoms with E-state index in [0.717, 1.165) is 30.1 Å². The number of likely N-dealkylation sites (tertiary alicyclic amines) is 1. The average molecular weight is 282 g/mol. The minimum absolute atomic E-state index is 0.436. The zero-order valence-electron chi connectivity index (χ0n) is 11.6. The van der Waals surface area contributed by atoms with E-state index in [1.54, 1.807) is 6.07 Å². The van der Waals surface area contributed by atoms with E-state index in [1.807, 2.05) is 6.92 Å². The Bertz CT molecular complexity index is 445. The Morgan fingerprint density at radius 1 is 1.63 bits per heavy atom. The number of nitrogens with zero attached hydrogens (tertiary/aromatic N) is 1. The Labute approximate surface area is 118 Å². The lowest BCUT2D eigenvalue weighted by molar-refractivity contribution is 0.0702. The smallest absolute Gasteiger partial charge is 0.345 e. The van der Waals surface area contributed by atoms with Crippen LogP contribution in [-0.4, -0.2) is 41.7 Å². The predicted molar refractivity (Wildman–Crippen MR) is 78.0 cm³/mol. The third-order valence-corrected chi connectivity index (χ3v) is 4.91.